The first-order valence-corrected chi connectivity index (χ1v) is 5.17. The van der Waals surface area contributed by atoms with E-state index in [1.807, 2.05) is 0 Å². The minimum atomic E-state index is -0.325. The molecular formula is C9H12ClN3O2. The molecule has 0 aliphatic heterocycles. The predicted octanol–water partition coefficient (Wildman–Crippen LogP) is 0.519. The van der Waals surface area contributed by atoms with Crippen molar-refractivity contribution >= 4 is 17.5 Å². The third-order valence-corrected chi connectivity index (χ3v) is 2.02. The molecule has 1 aromatic heterocycles. The molecule has 1 aromatic rings. The SMILES string of the molecule is O=C(NCCCCCl)c1ccc(=O)[nH]n1. The van der Waals surface area contributed by atoms with Gasteiger partial charge in [0.2, 0.25) is 0 Å². The maximum absolute atomic E-state index is 11.4. The molecule has 6 heteroatoms. The number of halogens is 1. The highest BCUT2D eigenvalue weighted by molar-refractivity contribution is 6.17. The summed E-state index contributed by atoms with van der Waals surface area (Å²) in [5.41, 5.74) is -0.117. The van der Waals surface area contributed by atoms with E-state index in [1.54, 1.807) is 0 Å². The molecule has 0 spiro atoms. The Morgan fingerprint density at radius 3 is 2.87 bits per heavy atom. The van der Waals surface area contributed by atoms with Crippen LogP contribution in [0, 0.1) is 0 Å². The molecule has 0 atom stereocenters. The Kier molecular flexibility index (Phi) is 4.83. The van der Waals surface area contributed by atoms with Crippen LogP contribution in [0.3, 0.4) is 0 Å². The maximum Gasteiger partial charge on any atom is 0.271 e. The van der Waals surface area contributed by atoms with Crippen LogP contribution in [-0.2, 0) is 0 Å². The molecule has 0 aromatic carbocycles. The lowest BCUT2D eigenvalue weighted by molar-refractivity contribution is 0.0947. The van der Waals surface area contributed by atoms with E-state index in [2.05, 4.69) is 15.5 Å². The molecule has 15 heavy (non-hydrogen) atoms. The lowest BCUT2D eigenvalue weighted by Gasteiger charge is -2.02. The quantitative estimate of drug-likeness (QED) is 0.571. The molecule has 1 amide bonds. The van der Waals surface area contributed by atoms with Crippen molar-refractivity contribution in [3.05, 3.63) is 28.2 Å². The molecule has 0 unspecified atom stereocenters. The monoisotopic (exact) mass is 229 g/mol. The summed E-state index contributed by atoms with van der Waals surface area (Å²) in [6.45, 7) is 0.562. The van der Waals surface area contributed by atoms with Crippen molar-refractivity contribution in [1.82, 2.24) is 15.5 Å². The first-order valence-electron chi connectivity index (χ1n) is 4.64. The highest BCUT2D eigenvalue weighted by Crippen LogP contribution is 1.92. The second-order valence-corrected chi connectivity index (χ2v) is 3.34. The van der Waals surface area contributed by atoms with Gasteiger partial charge in [-0.1, -0.05) is 0 Å². The van der Waals surface area contributed by atoms with Crippen LogP contribution < -0.4 is 10.9 Å². The van der Waals surface area contributed by atoms with Crippen LogP contribution in [0.4, 0.5) is 0 Å². The van der Waals surface area contributed by atoms with Crippen molar-refractivity contribution in [2.24, 2.45) is 0 Å². The second kappa shape index (κ2) is 6.19. The molecule has 5 nitrogen and oxygen atoms in total. The van der Waals surface area contributed by atoms with Crippen molar-refractivity contribution < 1.29 is 4.79 Å². The van der Waals surface area contributed by atoms with Crippen LogP contribution in [0.15, 0.2) is 16.9 Å². The van der Waals surface area contributed by atoms with E-state index in [-0.39, 0.29) is 17.2 Å². The van der Waals surface area contributed by atoms with Gasteiger partial charge in [0, 0.05) is 18.5 Å². The number of alkyl halides is 1. The summed E-state index contributed by atoms with van der Waals surface area (Å²) in [5.74, 6) is 0.299. The van der Waals surface area contributed by atoms with Gasteiger partial charge in [0.25, 0.3) is 11.5 Å². The van der Waals surface area contributed by atoms with Crippen molar-refractivity contribution in [2.45, 2.75) is 12.8 Å². The minimum absolute atomic E-state index is 0.209. The number of nitrogens with zero attached hydrogens (tertiary/aromatic N) is 1. The molecule has 0 bridgehead atoms. The Morgan fingerprint density at radius 2 is 2.27 bits per heavy atom. The summed E-state index contributed by atoms with van der Waals surface area (Å²) in [4.78, 5) is 22.1. The summed E-state index contributed by atoms with van der Waals surface area (Å²) in [5, 5.41) is 8.47. The highest BCUT2D eigenvalue weighted by atomic mass is 35.5. The van der Waals surface area contributed by atoms with Crippen LogP contribution >= 0.6 is 11.6 Å². The van der Waals surface area contributed by atoms with E-state index < -0.39 is 0 Å². The van der Waals surface area contributed by atoms with Crippen molar-refractivity contribution in [3.8, 4) is 0 Å². The Morgan fingerprint density at radius 1 is 1.47 bits per heavy atom. The molecule has 0 radical (unpaired) electrons. The summed E-state index contributed by atoms with van der Waals surface area (Å²) in [6, 6.07) is 2.65. The summed E-state index contributed by atoms with van der Waals surface area (Å²) < 4.78 is 0. The molecule has 0 aliphatic rings. The van der Waals surface area contributed by atoms with Gasteiger partial charge in [-0.05, 0) is 18.9 Å². The molecule has 0 aliphatic carbocycles. The van der Waals surface area contributed by atoms with E-state index in [0.29, 0.717) is 12.4 Å². The number of rotatable bonds is 5. The van der Waals surface area contributed by atoms with Gasteiger partial charge in [-0.3, -0.25) is 9.59 Å². The number of aromatic nitrogens is 2. The van der Waals surface area contributed by atoms with Crippen LogP contribution in [0.25, 0.3) is 0 Å². The van der Waals surface area contributed by atoms with Crippen LogP contribution in [0.2, 0.25) is 0 Å². The zero-order valence-corrected chi connectivity index (χ0v) is 8.88. The topological polar surface area (TPSA) is 74.8 Å². The fraction of sp³-hybridized carbons (Fsp3) is 0.444. The summed E-state index contributed by atoms with van der Waals surface area (Å²) >= 11 is 5.49. The number of aromatic amines is 1. The van der Waals surface area contributed by atoms with Gasteiger partial charge in [-0.2, -0.15) is 5.10 Å². The Bertz CT molecular complexity index is 357. The van der Waals surface area contributed by atoms with E-state index in [0.717, 1.165) is 12.8 Å². The smallest absolute Gasteiger partial charge is 0.271 e. The standard InChI is InChI=1S/C9H12ClN3O2/c10-5-1-2-6-11-9(15)7-3-4-8(14)13-12-7/h3-4H,1-2,5-6H2,(H,11,15)(H,13,14). The average molecular weight is 230 g/mol. The van der Waals surface area contributed by atoms with Gasteiger partial charge in [-0.25, -0.2) is 5.10 Å². The van der Waals surface area contributed by atoms with E-state index in [1.165, 1.54) is 12.1 Å². The second-order valence-electron chi connectivity index (χ2n) is 2.96. The number of hydrogen-bond acceptors (Lipinski definition) is 3. The normalized spacial score (nSPS) is 9.93. The number of carbonyl (C=O) groups is 1. The molecule has 2 N–H and O–H groups in total. The number of unbranched alkanes of at least 4 members (excludes halogenated alkanes) is 1. The van der Waals surface area contributed by atoms with Gasteiger partial charge in [-0.15, -0.1) is 11.6 Å². The minimum Gasteiger partial charge on any atom is -0.351 e. The first-order chi connectivity index (χ1) is 7.24. The van der Waals surface area contributed by atoms with Gasteiger partial charge >= 0.3 is 0 Å². The third-order valence-electron chi connectivity index (χ3n) is 1.76. The van der Waals surface area contributed by atoms with E-state index in [9.17, 15) is 9.59 Å². The Balaban J connectivity index is 2.40. The Hall–Kier alpha value is -1.36. The molecule has 0 fully saturated rings. The van der Waals surface area contributed by atoms with Gasteiger partial charge < -0.3 is 5.32 Å². The lowest BCUT2D eigenvalue weighted by Crippen LogP contribution is -2.26. The van der Waals surface area contributed by atoms with Crippen LogP contribution in [0.5, 0.6) is 0 Å². The van der Waals surface area contributed by atoms with Crippen molar-refractivity contribution in [1.29, 1.82) is 0 Å². The Labute approximate surface area is 91.8 Å². The summed E-state index contributed by atoms with van der Waals surface area (Å²) in [6.07, 6.45) is 1.69. The first kappa shape index (κ1) is 11.7. The van der Waals surface area contributed by atoms with Gasteiger partial charge in [0.05, 0.1) is 0 Å². The molecule has 1 rings (SSSR count). The third kappa shape index (κ3) is 4.12. The molecule has 82 valence electrons. The van der Waals surface area contributed by atoms with Gasteiger partial charge in [0.15, 0.2) is 0 Å². The number of carbonyl (C=O) groups excluding carboxylic acids is 1. The van der Waals surface area contributed by atoms with E-state index in [4.69, 9.17) is 11.6 Å². The maximum atomic E-state index is 11.4. The zero-order valence-electron chi connectivity index (χ0n) is 8.12. The van der Waals surface area contributed by atoms with E-state index >= 15 is 0 Å². The average Bonchev–Trinajstić information content (AvgIpc) is 2.25. The molecule has 0 saturated carbocycles. The lowest BCUT2D eigenvalue weighted by atomic mass is 10.3. The molecular weight excluding hydrogens is 218 g/mol. The number of nitrogens with one attached hydrogen (secondary N) is 2. The fourth-order valence-corrected chi connectivity index (χ4v) is 1.17. The number of amides is 1. The number of hydrogen-bond donors (Lipinski definition) is 2. The fourth-order valence-electron chi connectivity index (χ4n) is 0.983. The highest BCUT2D eigenvalue weighted by Gasteiger charge is 2.05. The number of H-pyrrole nitrogens is 1. The van der Waals surface area contributed by atoms with Gasteiger partial charge in [0.1, 0.15) is 5.69 Å². The summed E-state index contributed by atoms with van der Waals surface area (Å²) in [7, 11) is 0. The largest absolute Gasteiger partial charge is 0.351 e. The van der Waals surface area contributed by atoms with Crippen LogP contribution in [0.1, 0.15) is 23.3 Å². The molecule has 0 saturated heterocycles. The van der Waals surface area contributed by atoms with Crippen molar-refractivity contribution in [2.75, 3.05) is 12.4 Å². The molecule has 1 heterocycles. The van der Waals surface area contributed by atoms with Crippen molar-refractivity contribution in [3.63, 3.8) is 0 Å². The van der Waals surface area contributed by atoms with Crippen LogP contribution in [-0.4, -0.2) is 28.5 Å². The predicted molar refractivity (Wildman–Crippen MR) is 57.1 cm³/mol. The zero-order chi connectivity index (χ0) is 11.1.